The molecule has 0 atom stereocenters. The van der Waals surface area contributed by atoms with Crippen LogP contribution in [0.2, 0.25) is 0 Å². The molecule has 0 radical (unpaired) electrons. The fraction of sp³-hybridized carbons (Fsp3) is 0.208. The second-order valence-electron chi connectivity index (χ2n) is 8.04. The van der Waals surface area contributed by atoms with Gasteiger partial charge in [-0.3, -0.25) is 14.2 Å². The van der Waals surface area contributed by atoms with Crippen LogP contribution in [0.25, 0.3) is 16.7 Å². The molecule has 1 aliphatic rings. The van der Waals surface area contributed by atoms with Gasteiger partial charge in [-0.2, -0.15) is 4.98 Å². The van der Waals surface area contributed by atoms with Crippen molar-refractivity contribution in [2.75, 3.05) is 18.4 Å². The number of aryl methyl sites for hydroxylation is 1. The second-order valence-corrected chi connectivity index (χ2v) is 8.04. The molecule has 5 rings (SSSR count). The van der Waals surface area contributed by atoms with Crippen LogP contribution in [0, 0.1) is 5.92 Å². The zero-order valence-electron chi connectivity index (χ0n) is 18.0. The molecule has 4 aromatic rings. The SMILES string of the molecule is C=CC(=O)N1CC(CCn2c(=O)ccc3cnc(Nc4ccc(-n5ccnc5)cc4)nc32)C1. The maximum Gasteiger partial charge on any atom is 0.252 e. The third-order valence-corrected chi connectivity index (χ3v) is 5.85. The number of likely N-dealkylation sites (tertiary alicyclic amines) is 1. The molecule has 33 heavy (non-hydrogen) atoms. The topological polar surface area (TPSA) is 97.9 Å². The number of pyridine rings is 1. The molecule has 9 heteroatoms. The Kier molecular flexibility index (Phi) is 5.43. The minimum Gasteiger partial charge on any atom is -0.338 e. The number of nitrogens with one attached hydrogen (secondary N) is 1. The minimum atomic E-state index is -0.102. The average molecular weight is 441 g/mol. The van der Waals surface area contributed by atoms with Gasteiger partial charge in [0, 0.05) is 61.1 Å². The van der Waals surface area contributed by atoms with E-state index in [1.165, 1.54) is 6.08 Å². The molecule has 1 amide bonds. The summed E-state index contributed by atoms with van der Waals surface area (Å²) in [5, 5.41) is 4.01. The monoisotopic (exact) mass is 441 g/mol. The molecule has 1 saturated heterocycles. The lowest BCUT2D eigenvalue weighted by atomic mass is 9.96. The van der Waals surface area contributed by atoms with E-state index in [2.05, 4.69) is 26.8 Å². The fourth-order valence-corrected chi connectivity index (χ4v) is 3.98. The van der Waals surface area contributed by atoms with Gasteiger partial charge in [0.25, 0.3) is 5.56 Å². The number of imidazole rings is 1. The van der Waals surface area contributed by atoms with Gasteiger partial charge in [-0.05, 0) is 48.7 Å². The van der Waals surface area contributed by atoms with E-state index in [-0.39, 0.29) is 11.5 Å². The van der Waals surface area contributed by atoms with Gasteiger partial charge in [-0.15, -0.1) is 0 Å². The van der Waals surface area contributed by atoms with Crippen LogP contribution in [0.5, 0.6) is 0 Å². The van der Waals surface area contributed by atoms with E-state index in [1.54, 1.807) is 40.3 Å². The minimum absolute atomic E-state index is 0.0462. The molecule has 0 saturated carbocycles. The molecule has 0 aliphatic carbocycles. The molecule has 166 valence electrons. The first-order valence-corrected chi connectivity index (χ1v) is 10.7. The predicted octanol–water partition coefficient (Wildman–Crippen LogP) is 2.76. The van der Waals surface area contributed by atoms with Gasteiger partial charge in [-0.1, -0.05) is 6.58 Å². The third-order valence-electron chi connectivity index (χ3n) is 5.85. The predicted molar refractivity (Wildman–Crippen MR) is 126 cm³/mol. The first-order chi connectivity index (χ1) is 16.1. The third kappa shape index (κ3) is 4.25. The Morgan fingerprint density at radius 3 is 2.73 bits per heavy atom. The molecule has 9 nitrogen and oxygen atoms in total. The Morgan fingerprint density at radius 2 is 2.00 bits per heavy atom. The molecule has 1 fully saturated rings. The van der Waals surface area contributed by atoms with E-state index in [0.29, 0.717) is 37.1 Å². The fourth-order valence-electron chi connectivity index (χ4n) is 3.98. The second kappa shape index (κ2) is 8.70. The van der Waals surface area contributed by atoms with E-state index in [9.17, 15) is 9.59 Å². The Hall–Kier alpha value is -4.27. The van der Waals surface area contributed by atoms with Gasteiger partial charge in [-0.25, -0.2) is 9.97 Å². The molecular formula is C24H23N7O2. The van der Waals surface area contributed by atoms with Gasteiger partial charge in [0.15, 0.2) is 0 Å². The summed E-state index contributed by atoms with van der Waals surface area (Å²) in [7, 11) is 0. The number of carbonyl (C=O) groups excluding carboxylic acids is 1. The van der Waals surface area contributed by atoms with Crippen molar-refractivity contribution < 1.29 is 4.79 Å². The van der Waals surface area contributed by atoms with Crippen molar-refractivity contribution in [3.05, 3.63) is 84.3 Å². The summed E-state index contributed by atoms with van der Waals surface area (Å²) in [5.41, 5.74) is 2.32. The summed E-state index contributed by atoms with van der Waals surface area (Å²) in [6, 6.07) is 11.1. The van der Waals surface area contributed by atoms with E-state index < -0.39 is 0 Å². The van der Waals surface area contributed by atoms with Crippen molar-refractivity contribution in [2.45, 2.75) is 13.0 Å². The number of rotatable bonds is 7. The molecule has 1 aliphatic heterocycles. The van der Waals surface area contributed by atoms with Crippen molar-refractivity contribution in [3.8, 4) is 5.69 Å². The molecule has 0 spiro atoms. The van der Waals surface area contributed by atoms with Crippen molar-refractivity contribution in [2.24, 2.45) is 5.92 Å². The number of benzene rings is 1. The van der Waals surface area contributed by atoms with Crippen LogP contribution in [0.15, 0.2) is 78.8 Å². The van der Waals surface area contributed by atoms with E-state index in [4.69, 9.17) is 0 Å². The van der Waals surface area contributed by atoms with E-state index in [0.717, 1.165) is 23.2 Å². The zero-order chi connectivity index (χ0) is 22.8. The van der Waals surface area contributed by atoms with E-state index >= 15 is 0 Å². The molecule has 1 N–H and O–H groups in total. The van der Waals surface area contributed by atoms with Gasteiger partial charge in [0.1, 0.15) is 5.65 Å². The van der Waals surface area contributed by atoms with Crippen molar-refractivity contribution >= 4 is 28.6 Å². The van der Waals surface area contributed by atoms with Crippen LogP contribution >= 0.6 is 0 Å². The lowest BCUT2D eigenvalue weighted by molar-refractivity contribution is -0.132. The van der Waals surface area contributed by atoms with Gasteiger partial charge >= 0.3 is 0 Å². The average Bonchev–Trinajstić information content (AvgIpc) is 3.34. The largest absolute Gasteiger partial charge is 0.338 e. The highest BCUT2D eigenvalue weighted by Crippen LogP contribution is 2.22. The van der Waals surface area contributed by atoms with Gasteiger partial charge in [0.2, 0.25) is 11.9 Å². The number of aromatic nitrogens is 5. The van der Waals surface area contributed by atoms with Crippen molar-refractivity contribution in [3.63, 3.8) is 0 Å². The lowest BCUT2D eigenvalue weighted by Crippen LogP contribution is -2.49. The molecule has 0 bridgehead atoms. The van der Waals surface area contributed by atoms with Crippen LogP contribution < -0.4 is 10.9 Å². The first kappa shape index (κ1) is 20.6. The zero-order valence-corrected chi connectivity index (χ0v) is 18.0. The summed E-state index contributed by atoms with van der Waals surface area (Å²) in [6.45, 7) is 5.45. The van der Waals surface area contributed by atoms with Crippen LogP contribution in [-0.2, 0) is 11.3 Å². The molecule has 3 aromatic heterocycles. The summed E-state index contributed by atoms with van der Waals surface area (Å²) in [4.78, 5) is 39.1. The highest BCUT2D eigenvalue weighted by atomic mass is 16.2. The van der Waals surface area contributed by atoms with Crippen LogP contribution in [-0.4, -0.2) is 48.0 Å². The number of fused-ring (bicyclic) bond motifs is 1. The smallest absolute Gasteiger partial charge is 0.252 e. The number of carbonyl (C=O) groups is 1. The number of anilines is 2. The van der Waals surface area contributed by atoms with Crippen molar-refractivity contribution in [1.29, 1.82) is 0 Å². The van der Waals surface area contributed by atoms with Gasteiger partial charge in [0.05, 0.1) is 6.33 Å². The molecular weight excluding hydrogens is 418 g/mol. The normalized spacial score (nSPS) is 13.6. The summed E-state index contributed by atoms with van der Waals surface area (Å²) >= 11 is 0. The Labute approximate surface area is 190 Å². The Bertz CT molecular complexity index is 1350. The van der Waals surface area contributed by atoms with E-state index in [1.807, 2.05) is 35.0 Å². The maximum atomic E-state index is 12.6. The number of hydrogen-bond donors (Lipinski definition) is 1. The summed E-state index contributed by atoms with van der Waals surface area (Å²) < 4.78 is 3.60. The molecule has 4 heterocycles. The summed E-state index contributed by atoms with van der Waals surface area (Å²) in [5.74, 6) is 0.739. The highest BCUT2D eigenvalue weighted by Gasteiger charge is 2.28. The molecule has 1 aromatic carbocycles. The quantitative estimate of drug-likeness (QED) is 0.443. The number of amides is 1. The standard InChI is InChI=1S/C24H23N7O2/c1-2-21(32)30-14-17(15-30)9-11-31-22(33)8-3-18-13-26-24(28-23(18)31)27-19-4-6-20(7-5-19)29-12-10-25-16-29/h2-8,10,12-13,16-17H,1,9,11,14-15H2,(H,26,27,28). The lowest BCUT2D eigenvalue weighted by Gasteiger charge is -2.38. The van der Waals surface area contributed by atoms with Crippen molar-refractivity contribution in [1.82, 2.24) is 29.0 Å². The summed E-state index contributed by atoms with van der Waals surface area (Å²) in [6.07, 6.45) is 9.20. The number of nitrogens with zero attached hydrogens (tertiary/aromatic N) is 6. The van der Waals surface area contributed by atoms with Gasteiger partial charge < -0.3 is 14.8 Å². The highest BCUT2D eigenvalue weighted by molar-refractivity contribution is 5.87. The van der Waals surface area contributed by atoms with Crippen LogP contribution in [0.3, 0.4) is 0 Å². The maximum absolute atomic E-state index is 12.6. The Balaban J connectivity index is 1.32. The molecule has 0 unspecified atom stereocenters. The Morgan fingerprint density at radius 1 is 1.18 bits per heavy atom. The number of hydrogen-bond acceptors (Lipinski definition) is 6. The van der Waals surface area contributed by atoms with Crippen LogP contribution in [0.4, 0.5) is 11.6 Å². The first-order valence-electron chi connectivity index (χ1n) is 10.7. The van der Waals surface area contributed by atoms with Crippen LogP contribution in [0.1, 0.15) is 6.42 Å².